The van der Waals surface area contributed by atoms with Crippen molar-refractivity contribution in [1.82, 2.24) is 15.0 Å². The van der Waals surface area contributed by atoms with Crippen molar-refractivity contribution >= 4 is 23.7 Å². The summed E-state index contributed by atoms with van der Waals surface area (Å²) in [6.07, 6.45) is 15.4. The van der Waals surface area contributed by atoms with Crippen LogP contribution in [-0.4, -0.2) is 27.8 Å². The summed E-state index contributed by atoms with van der Waals surface area (Å²) >= 11 is 1.47. The molecule has 3 N–H and O–H groups in total. The van der Waals surface area contributed by atoms with Crippen molar-refractivity contribution in [2.24, 2.45) is 0 Å². The van der Waals surface area contributed by atoms with Gasteiger partial charge in [0.05, 0.1) is 0 Å². The van der Waals surface area contributed by atoms with Gasteiger partial charge in [0, 0.05) is 6.54 Å². The first kappa shape index (κ1) is 19.0. The highest BCUT2D eigenvalue weighted by Crippen LogP contribution is 2.13. The number of hydrogen-bond donors (Lipinski definition) is 2. The molecule has 1 aromatic heterocycles. The van der Waals surface area contributed by atoms with E-state index < -0.39 is 0 Å². The van der Waals surface area contributed by atoms with Crippen molar-refractivity contribution in [2.75, 3.05) is 23.9 Å². The topological polar surface area (TPSA) is 76.7 Å². The maximum Gasteiger partial charge on any atom is 0.228 e. The standard InChI is InChI=1S/C16H31N5S/c1-3-4-5-6-7-8-9-10-11-12-13-18-15-19-14(17)20-16(21-15)22-2/h3-13H2,1-2H3,(H3,17,18,19,20,21). The van der Waals surface area contributed by atoms with E-state index >= 15 is 0 Å². The summed E-state index contributed by atoms with van der Waals surface area (Å²) in [5, 5.41) is 3.89. The fourth-order valence-corrected chi connectivity index (χ4v) is 2.72. The van der Waals surface area contributed by atoms with Crippen molar-refractivity contribution < 1.29 is 0 Å². The Kier molecular flexibility index (Phi) is 10.8. The van der Waals surface area contributed by atoms with Gasteiger partial charge in [-0.25, -0.2) is 0 Å². The molecule has 1 aromatic rings. The van der Waals surface area contributed by atoms with Gasteiger partial charge in [-0.05, 0) is 12.7 Å². The van der Waals surface area contributed by atoms with Crippen LogP contribution in [0.1, 0.15) is 71.1 Å². The zero-order valence-corrected chi connectivity index (χ0v) is 14.9. The Hall–Kier alpha value is -1.04. The summed E-state index contributed by atoms with van der Waals surface area (Å²) in [6, 6.07) is 0. The summed E-state index contributed by atoms with van der Waals surface area (Å²) in [6.45, 7) is 3.16. The second-order valence-corrected chi connectivity index (χ2v) is 6.39. The van der Waals surface area contributed by atoms with Crippen LogP contribution in [0.3, 0.4) is 0 Å². The van der Waals surface area contributed by atoms with E-state index in [1.54, 1.807) is 0 Å². The Morgan fingerprint density at radius 2 is 1.45 bits per heavy atom. The van der Waals surface area contributed by atoms with E-state index in [-0.39, 0.29) is 5.95 Å². The minimum atomic E-state index is 0.282. The van der Waals surface area contributed by atoms with Crippen molar-refractivity contribution in [2.45, 2.75) is 76.3 Å². The number of nitrogens with zero attached hydrogens (tertiary/aromatic N) is 3. The van der Waals surface area contributed by atoms with Gasteiger partial charge in [-0.3, -0.25) is 0 Å². The monoisotopic (exact) mass is 325 g/mol. The van der Waals surface area contributed by atoms with Gasteiger partial charge in [-0.15, -0.1) is 0 Å². The predicted molar refractivity (Wildman–Crippen MR) is 96.4 cm³/mol. The summed E-state index contributed by atoms with van der Waals surface area (Å²) in [5.41, 5.74) is 5.65. The van der Waals surface area contributed by atoms with Gasteiger partial charge in [-0.2, -0.15) is 15.0 Å². The molecule has 0 radical (unpaired) electrons. The number of nitrogens with one attached hydrogen (secondary N) is 1. The third-order valence-corrected chi connectivity index (χ3v) is 4.18. The molecule has 0 spiro atoms. The van der Waals surface area contributed by atoms with Gasteiger partial charge in [0.2, 0.25) is 11.9 Å². The molecule has 0 saturated carbocycles. The smallest absolute Gasteiger partial charge is 0.228 e. The quantitative estimate of drug-likeness (QED) is 0.410. The van der Waals surface area contributed by atoms with Gasteiger partial charge in [0.1, 0.15) is 0 Å². The number of hydrogen-bond acceptors (Lipinski definition) is 6. The fourth-order valence-electron chi connectivity index (χ4n) is 2.36. The molecule has 0 fully saturated rings. The molecule has 0 amide bonds. The molecule has 0 saturated heterocycles. The largest absolute Gasteiger partial charge is 0.368 e. The van der Waals surface area contributed by atoms with Crippen LogP contribution in [0.4, 0.5) is 11.9 Å². The van der Waals surface area contributed by atoms with Crippen molar-refractivity contribution in [3.63, 3.8) is 0 Å². The van der Waals surface area contributed by atoms with E-state index in [4.69, 9.17) is 5.73 Å². The van der Waals surface area contributed by atoms with Crippen LogP contribution in [0.5, 0.6) is 0 Å². The van der Waals surface area contributed by atoms with E-state index in [1.165, 1.54) is 69.5 Å². The number of anilines is 2. The lowest BCUT2D eigenvalue weighted by atomic mass is 10.1. The predicted octanol–water partition coefficient (Wildman–Crippen LogP) is 4.51. The highest BCUT2D eigenvalue weighted by molar-refractivity contribution is 7.98. The zero-order valence-electron chi connectivity index (χ0n) is 14.1. The molecular formula is C16H31N5S. The molecule has 5 nitrogen and oxygen atoms in total. The molecule has 126 valence electrons. The first-order chi connectivity index (χ1) is 10.8. The molecule has 0 aliphatic rings. The van der Waals surface area contributed by atoms with Gasteiger partial charge < -0.3 is 11.1 Å². The Bertz CT molecular complexity index is 400. The minimum absolute atomic E-state index is 0.282. The average molecular weight is 326 g/mol. The van der Waals surface area contributed by atoms with E-state index in [0.29, 0.717) is 11.1 Å². The van der Waals surface area contributed by atoms with Crippen molar-refractivity contribution in [3.8, 4) is 0 Å². The van der Waals surface area contributed by atoms with Gasteiger partial charge in [0.25, 0.3) is 0 Å². The molecule has 22 heavy (non-hydrogen) atoms. The molecule has 0 atom stereocenters. The summed E-state index contributed by atoms with van der Waals surface area (Å²) in [7, 11) is 0. The lowest BCUT2D eigenvalue weighted by molar-refractivity contribution is 0.559. The van der Waals surface area contributed by atoms with Crippen LogP contribution >= 0.6 is 11.8 Å². The summed E-state index contributed by atoms with van der Waals surface area (Å²) in [4.78, 5) is 12.4. The van der Waals surface area contributed by atoms with Crippen molar-refractivity contribution in [3.05, 3.63) is 0 Å². The summed E-state index contributed by atoms with van der Waals surface area (Å²) < 4.78 is 0. The Balaban J connectivity index is 1.98. The molecule has 0 aromatic carbocycles. The number of thioether (sulfide) groups is 1. The Morgan fingerprint density at radius 1 is 0.864 bits per heavy atom. The van der Waals surface area contributed by atoms with Crippen LogP contribution in [-0.2, 0) is 0 Å². The first-order valence-corrected chi connectivity index (χ1v) is 9.78. The van der Waals surface area contributed by atoms with E-state index in [1.807, 2.05) is 6.26 Å². The SMILES string of the molecule is CCCCCCCCCCCCNc1nc(N)nc(SC)n1. The number of aromatic nitrogens is 3. The number of rotatable bonds is 13. The molecule has 0 unspecified atom stereocenters. The highest BCUT2D eigenvalue weighted by Gasteiger charge is 2.02. The normalized spacial score (nSPS) is 10.8. The number of nitrogens with two attached hydrogens (primary N) is 1. The first-order valence-electron chi connectivity index (χ1n) is 8.55. The number of unbranched alkanes of at least 4 members (excludes halogenated alkanes) is 9. The maximum absolute atomic E-state index is 5.65. The lowest BCUT2D eigenvalue weighted by Crippen LogP contribution is -2.09. The van der Waals surface area contributed by atoms with E-state index in [2.05, 4.69) is 27.2 Å². The van der Waals surface area contributed by atoms with Crippen LogP contribution < -0.4 is 11.1 Å². The second kappa shape index (κ2) is 12.5. The zero-order chi connectivity index (χ0) is 16.0. The Labute approximate surface area is 139 Å². The highest BCUT2D eigenvalue weighted by atomic mass is 32.2. The molecule has 1 rings (SSSR count). The molecule has 0 aliphatic carbocycles. The fraction of sp³-hybridized carbons (Fsp3) is 0.812. The van der Waals surface area contributed by atoms with Gasteiger partial charge in [-0.1, -0.05) is 76.5 Å². The van der Waals surface area contributed by atoms with Crippen LogP contribution in [0.25, 0.3) is 0 Å². The maximum atomic E-state index is 5.65. The average Bonchev–Trinajstić information content (AvgIpc) is 2.52. The van der Waals surface area contributed by atoms with Crippen LogP contribution in [0.15, 0.2) is 5.16 Å². The number of nitrogen functional groups attached to an aromatic ring is 1. The molecule has 0 aliphatic heterocycles. The lowest BCUT2D eigenvalue weighted by Gasteiger charge is -2.06. The molecule has 1 heterocycles. The van der Waals surface area contributed by atoms with Crippen LogP contribution in [0.2, 0.25) is 0 Å². The third kappa shape index (κ3) is 9.07. The summed E-state index contributed by atoms with van der Waals surface area (Å²) in [5.74, 6) is 0.873. The Morgan fingerprint density at radius 3 is 2.05 bits per heavy atom. The second-order valence-electron chi connectivity index (χ2n) is 5.61. The van der Waals surface area contributed by atoms with Gasteiger partial charge >= 0.3 is 0 Å². The van der Waals surface area contributed by atoms with Gasteiger partial charge in [0.15, 0.2) is 5.16 Å². The molecular weight excluding hydrogens is 294 g/mol. The molecule has 0 bridgehead atoms. The van der Waals surface area contributed by atoms with Crippen LogP contribution in [0, 0.1) is 0 Å². The minimum Gasteiger partial charge on any atom is -0.368 e. The van der Waals surface area contributed by atoms with Crippen molar-refractivity contribution in [1.29, 1.82) is 0 Å². The van der Waals surface area contributed by atoms with E-state index in [9.17, 15) is 0 Å². The van der Waals surface area contributed by atoms with E-state index in [0.717, 1.165) is 13.0 Å². The molecule has 6 heteroatoms. The third-order valence-electron chi connectivity index (χ3n) is 3.63.